The molecule has 1 aliphatic heterocycles. The van der Waals surface area contributed by atoms with Crippen LogP contribution >= 0.6 is 22.6 Å². The van der Waals surface area contributed by atoms with Crippen molar-refractivity contribution in [2.24, 2.45) is 10.7 Å². The first-order chi connectivity index (χ1) is 8.70. The van der Waals surface area contributed by atoms with Crippen molar-refractivity contribution in [3.05, 3.63) is 27.8 Å². The SMILES string of the molecule is CN=C(N)N1CCC(Oc2ccccc2I)CC1. The monoisotopic (exact) mass is 359 g/mol. The van der Waals surface area contributed by atoms with E-state index in [0.29, 0.717) is 5.96 Å². The molecule has 0 atom stereocenters. The summed E-state index contributed by atoms with van der Waals surface area (Å²) in [5, 5.41) is 0. The predicted molar refractivity (Wildman–Crippen MR) is 81.9 cm³/mol. The molecular formula is C13H18IN3O. The van der Waals surface area contributed by atoms with Crippen molar-refractivity contribution in [1.29, 1.82) is 0 Å². The average molecular weight is 359 g/mol. The molecule has 0 radical (unpaired) electrons. The molecule has 1 heterocycles. The van der Waals surface area contributed by atoms with Crippen LogP contribution in [0.4, 0.5) is 0 Å². The molecular weight excluding hydrogens is 341 g/mol. The number of hydrogen-bond acceptors (Lipinski definition) is 2. The molecule has 1 aromatic rings. The third kappa shape index (κ3) is 3.28. The van der Waals surface area contributed by atoms with E-state index in [1.807, 2.05) is 18.2 Å². The van der Waals surface area contributed by atoms with Crippen molar-refractivity contribution in [2.75, 3.05) is 20.1 Å². The van der Waals surface area contributed by atoms with Crippen LogP contribution in [0, 0.1) is 3.57 Å². The second-order valence-corrected chi connectivity index (χ2v) is 5.48. The van der Waals surface area contributed by atoms with Crippen LogP contribution in [0.5, 0.6) is 5.75 Å². The molecule has 0 aliphatic carbocycles. The number of para-hydroxylation sites is 1. The molecule has 18 heavy (non-hydrogen) atoms. The number of guanidine groups is 1. The Morgan fingerprint density at radius 3 is 2.67 bits per heavy atom. The van der Waals surface area contributed by atoms with Crippen LogP contribution in [0.2, 0.25) is 0 Å². The minimum Gasteiger partial charge on any atom is -0.489 e. The smallest absolute Gasteiger partial charge is 0.190 e. The molecule has 1 saturated heterocycles. The Morgan fingerprint density at radius 1 is 1.39 bits per heavy atom. The largest absolute Gasteiger partial charge is 0.489 e. The molecule has 98 valence electrons. The summed E-state index contributed by atoms with van der Waals surface area (Å²) in [4.78, 5) is 6.12. The van der Waals surface area contributed by atoms with Gasteiger partial charge in [-0.3, -0.25) is 4.99 Å². The van der Waals surface area contributed by atoms with E-state index in [0.717, 1.165) is 35.3 Å². The first-order valence-electron chi connectivity index (χ1n) is 6.09. The summed E-state index contributed by atoms with van der Waals surface area (Å²) < 4.78 is 7.19. The fourth-order valence-corrected chi connectivity index (χ4v) is 2.58. The highest BCUT2D eigenvalue weighted by Crippen LogP contribution is 2.24. The van der Waals surface area contributed by atoms with Gasteiger partial charge in [-0.25, -0.2) is 0 Å². The van der Waals surface area contributed by atoms with Crippen LogP contribution in [0.3, 0.4) is 0 Å². The van der Waals surface area contributed by atoms with Gasteiger partial charge in [0.15, 0.2) is 5.96 Å². The van der Waals surface area contributed by atoms with Gasteiger partial charge in [-0.15, -0.1) is 0 Å². The summed E-state index contributed by atoms with van der Waals surface area (Å²) >= 11 is 2.30. The van der Waals surface area contributed by atoms with Gasteiger partial charge in [-0.1, -0.05) is 12.1 Å². The number of likely N-dealkylation sites (tertiary alicyclic amines) is 1. The first kappa shape index (κ1) is 13.5. The van der Waals surface area contributed by atoms with Gasteiger partial charge in [-0.2, -0.15) is 0 Å². The Morgan fingerprint density at radius 2 is 2.06 bits per heavy atom. The van der Waals surface area contributed by atoms with Gasteiger partial charge in [0.25, 0.3) is 0 Å². The van der Waals surface area contributed by atoms with E-state index in [-0.39, 0.29) is 6.10 Å². The number of hydrogen-bond donors (Lipinski definition) is 1. The number of piperidine rings is 1. The normalized spacial score (nSPS) is 17.9. The second kappa shape index (κ2) is 6.26. The lowest BCUT2D eigenvalue weighted by atomic mass is 10.1. The molecule has 1 aliphatic rings. The van der Waals surface area contributed by atoms with Crippen LogP contribution in [0.15, 0.2) is 29.3 Å². The van der Waals surface area contributed by atoms with Crippen molar-refractivity contribution in [3.63, 3.8) is 0 Å². The number of aliphatic imine (C=N–C) groups is 1. The van der Waals surface area contributed by atoms with Crippen molar-refractivity contribution in [2.45, 2.75) is 18.9 Å². The predicted octanol–water partition coefficient (Wildman–Crippen LogP) is 2.08. The lowest BCUT2D eigenvalue weighted by Crippen LogP contribution is -2.45. The molecule has 0 spiro atoms. The van der Waals surface area contributed by atoms with E-state index < -0.39 is 0 Å². The van der Waals surface area contributed by atoms with Gasteiger partial charge < -0.3 is 15.4 Å². The molecule has 0 bridgehead atoms. The van der Waals surface area contributed by atoms with Crippen molar-refractivity contribution < 1.29 is 4.74 Å². The molecule has 5 heteroatoms. The summed E-state index contributed by atoms with van der Waals surface area (Å²) in [5.41, 5.74) is 5.80. The average Bonchev–Trinajstić information content (AvgIpc) is 2.41. The summed E-state index contributed by atoms with van der Waals surface area (Å²) in [6.45, 7) is 1.83. The first-order valence-corrected chi connectivity index (χ1v) is 7.17. The van der Waals surface area contributed by atoms with Crippen LogP contribution < -0.4 is 10.5 Å². The van der Waals surface area contributed by atoms with Crippen LogP contribution in [0.25, 0.3) is 0 Å². The van der Waals surface area contributed by atoms with E-state index in [1.54, 1.807) is 7.05 Å². The fraction of sp³-hybridized carbons (Fsp3) is 0.462. The Bertz CT molecular complexity index is 428. The molecule has 2 rings (SSSR count). The maximum absolute atomic E-state index is 6.03. The number of halogens is 1. The lowest BCUT2D eigenvalue weighted by molar-refractivity contribution is 0.129. The number of nitrogens with two attached hydrogens (primary N) is 1. The standard InChI is InChI=1S/C13H18IN3O/c1-16-13(15)17-8-6-10(7-9-17)18-12-5-3-2-4-11(12)14/h2-5,10H,6-9H2,1H3,(H2,15,16). The summed E-state index contributed by atoms with van der Waals surface area (Å²) in [6, 6.07) is 8.12. The third-order valence-electron chi connectivity index (χ3n) is 3.13. The quantitative estimate of drug-likeness (QED) is 0.500. The minimum atomic E-state index is 0.279. The molecule has 1 fully saturated rings. The van der Waals surface area contributed by atoms with Crippen molar-refractivity contribution >= 4 is 28.6 Å². The van der Waals surface area contributed by atoms with Gasteiger partial charge in [0.2, 0.25) is 0 Å². The van der Waals surface area contributed by atoms with Gasteiger partial charge >= 0.3 is 0 Å². The summed E-state index contributed by atoms with van der Waals surface area (Å²) in [5.74, 6) is 1.61. The maximum atomic E-state index is 6.03. The molecule has 4 nitrogen and oxygen atoms in total. The minimum absolute atomic E-state index is 0.279. The second-order valence-electron chi connectivity index (χ2n) is 4.32. The number of ether oxygens (including phenoxy) is 1. The zero-order chi connectivity index (χ0) is 13.0. The van der Waals surface area contributed by atoms with E-state index in [4.69, 9.17) is 10.5 Å². The number of rotatable bonds is 2. The molecule has 1 aromatic carbocycles. The molecule has 0 amide bonds. The maximum Gasteiger partial charge on any atom is 0.190 e. The van der Waals surface area contributed by atoms with Gasteiger partial charge in [-0.05, 0) is 34.7 Å². The fourth-order valence-electron chi connectivity index (χ4n) is 2.06. The van der Waals surface area contributed by atoms with Crippen LogP contribution in [0.1, 0.15) is 12.8 Å². The molecule has 0 saturated carbocycles. The van der Waals surface area contributed by atoms with E-state index >= 15 is 0 Å². The van der Waals surface area contributed by atoms with E-state index in [2.05, 4.69) is 38.5 Å². The highest BCUT2D eigenvalue weighted by Gasteiger charge is 2.21. The Balaban J connectivity index is 1.89. The van der Waals surface area contributed by atoms with E-state index in [1.165, 1.54) is 0 Å². The van der Waals surface area contributed by atoms with Crippen LogP contribution in [-0.2, 0) is 0 Å². The zero-order valence-corrected chi connectivity index (χ0v) is 12.6. The highest BCUT2D eigenvalue weighted by atomic mass is 127. The van der Waals surface area contributed by atoms with Gasteiger partial charge in [0.1, 0.15) is 11.9 Å². The Labute approximate surface area is 121 Å². The Kier molecular flexibility index (Phi) is 4.68. The van der Waals surface area contributed by atoms with Crippen LogP contribution in [-0.4, -0.2) is 37.1 Å². The van der Waals surface area contributed by atoms with Crippen molar-refractivity contribution in [3.8, 4) is 5.75 Å². The lowest BCUT2D eigenvalue weighted by Gasteiger charge is -2.32. The third-order valence-corrected chi connectivity index (χ3v) is 4.02. The Hall–Kier alpha value is -0.980. The van der Waals surface area contributed by atoms with Gasteiger partial charge in [0.05, 0.1) is 3.57 Å². The number of benzene rings is 1. The van der Waals surface area contributed by atoms with E-state index in [9.17, 15) is 0 Å². The highest BCUT2D eigenvalue weighted by molar-refractivity contribution is 14.1. The van der Waals surface area contributed by atoms with Crippen molar-refractivity contribution in [1.82, 2.24) is 4.90 Å². The van der Waals surface area contributed by atoms with Gasteiger partial charge in [0, 0.05) is 33.0 Å². The summed E-state index contributed by atoms with van der Waals surface area (Å²) in [6.07, 6.45) is 2.25. The topological polar surface area (TPSA) is 50.8 Å². The molecule has 0 unspecified atom stereocenters. The summed E-state index contributed by atoms with van der Waals surface area (Å²) in [7, 11) is 1.73. The number of nitrogens with zero attached hydrogens (tertiary/aromatic N) is 2. The molecule has 0 aromatic heterocycles. The molecule has 2 N–H and O–H groups in total. The zero-order valence-electron chi connectivity index (χ0n) is 10.5.